The number of carbonyl (C=O) groups is 1. The van der Waals surface area contributed by atoms with Gasteiger partial charge in [0.2, 0.25) is 5.84 Å². The van der Waals surface area contributed by atoms with E-state index in [1.165, 1.54) is 6.92 Å². The van der Waals surface area contributed by atoms with Gasteiger partial charge in [-0.05, 0) is 17.7 Å². The monoisotopic (exact) mass is 264 g/mol. The van der Waals surface area contributed by atoms with Gasteiger partial charge in [-0.25, -0.2) is 5.43 Å². The van der Waals surface area contributed by atoms with E-state index in [1.54, 1.807) is 0 Å². The minimum Gasteiger partial charge on any atom is -0.291 e. The molecule has 2 aliphatic heterocycles. The van der Waals surface area contributed by atoms with Gasteiger partial charge in [0, 0.05) is 18.4 Å². The molecule has 1 aromatic carbocycles. The minimum absolute atomic E-state index is 0.0459. The number of Topliss-reactive ketones (excluding diaryl/α,β-unsaturated/α-hetero) is 1. The standard InChI is InChI=1S/C12H13ClN4O/c1-7(18)12-15-14-11-6-10(16-17(11)12)8-2-4-9(13)5-3-8/h2-5,10-11,14,16H,6H2,1H3. The van der Waals surface area contributed by atoms with E-state index >= 15 is 0 Å². The first-order chi connectivity index (χ1) is 8.65. The van der Waals surface area contributed by atoms with Crippen molar-refractivity contribution < 1.29 is 4.79 Å². The Labute approximate surface area is 110 Å². The summed E-state index contributed by atoms with van der Waals surface area (Å²) in [5, 5.41) is 6.55. The molecule has 3 rings (SSSR count). The van der Waals surface area contributed by atoms with E-state index in [2.05, 4.69) is 16.0 Å². The molecule has 0 aromatic heterocycles. The molecule has 2 unspecified atom stereocenters. The summed E-state index contributed by atoms with van der Waals surface area (Å²) in [6.45, 7) is 1.51. The maximum Gasteiger partial charge on any atom is 0.207 e. The van der Waals surface area contributed by atoms with Crippen molar-refractivity contribution in [3.05, 3.63) is 34.9 Å². The predicted molar refractivity (Wildman–Crippen MR) is 68.8 cm³/mol. The van der Waals surface area contributed by atoms with Crippen LogP contribution in [0.4, 0.5) is 0 Å². The normalized spacial score (nSPS) is 25.7. The lowest BCUT2D eigenvalue weighted by Gasteiger charge is -2.18. The summed E-state index contributed by atoms with van der Waals surface area (Å²) < 4.78 is 0. The van der Waals surface area contributed by atoms with Gasteiger partial charge in [0.15, 0.2) is 5.78 Å². The second-order valence-electron chi connectivity index (χ2n) is 4.48. The van der Waals surface area contributed by atoms with Crippen molar-refractivity contribution in [3.8, 4) is 0 Å². The first-order valence-corrected chi connectivity index (χ1v) is 6.18. The van der Waals surface area contributed by atoms with E-state index in [0.717, 1.165) is 17.0 Å². The molecule has 0 bridgehead atoms. The Morgan fingerprint density at radius 3 is 2.83 bits per heavy atom. The topological polar surface area (TPSA) is 56.7 Å². The highest BCUT2D eigenvalue weighted by Crippen LogP contribution is 2.29. The summed E-state index contributed by atoms with van der Waals surface area (Å²) in [7, 11) is 0. The first kappa shape index (κ1) is 11.5. The highest BCUT2D eigenvalue weighted by atomic mass is 35.5. The number of ketones is 1. The molecule has 1 saturated heterocycles. The molecule has 2 aliphatic rings. The number of fused-ring (bicyclic) bond motifs is 1. The molecule has 5 nitrogen and oxygen atoms in total. The summed E-state index contributed by atoms with van der Waals surface area (Å²) in [4.78, 5) is 11.4. The Hall–Kier alpha value is -1.59. The number of nitrogens with zero attached hydrogens (tertiary/aromatic N) is 2. The molecule has 2 N–H and O–H groups in total. The van der Waals surface area contributed by atoms with Crippen LogP contribution < -0.4 is 10.9 Å². The van der Waals surface area contributed by atoms with Gasteiger partial charge in [-0.2, -0.15) is 5.10 Å². The van der Waals surface area contributed by atoms with Crippen molar-refractivity contribution in [3.63, 3.8) is 0 Å². The quantitative estimate of drug-likeness (QED) is 0.848. The molecule has 0 aliphatic carbocycles. The number of carbonyl (C=O) groups excluding carboxylic acids is 1. The summed E-state index contributed by atoms with van der Waals surface area (Å²) >= 11 is 5.87. The number of hydrogen-bond donors (Lipinski definition) is 2. The fourth-order valence-corrected chi connectivity index (χ4v) is 2.43. The molecule has 2 heterocycles. The largest absolute Gasteiger partial charge is 0.291 e. The Morgan fingerprint density at radius 2 is 2.17 bits per heavy atom. The average Bonchev–Trinajstić information content (AvgIpc) is 2.88. The van der Waals surface area contributed by atoms with Crippen LogP contribution >= 0.6 is 11.6 Å². The van der Waals surface area contributed by atoms with Crippen molar-refractivity contribution in [2.75, 3.05) is 0 Å². The van der Waals surface area contributed by atoms with E-state index in [4.69, 9.17) is 11.6 Å². The van der Waals surface area contributed by atoms with Gasteiger partial charge in [-0.1, -0.05) is 23.7 Å². The zero-order chi connectivity index (χ0) is 12.7. The van der Waals surface area contributed by atoms with Gasteiger partial charge >= 0.3 is 0 Å². The van der Waals surface area contributed by atoms with Crippen LogP contribution in [-0.2, 0) is 4.79 Å². The van der Waals surface area contributed by atoms with Crippen LogP contribution in [-0.4, -0.2) is 22.8 Å². The zero-order valence-corrected chi connectivity index (χ0v) is 10.6. The van der Waals surface area contributed by atoms with Gasteiger partial charge in [-0.3, -0.25) is 15.2 Å². The third-order valence-electron chi connectivity index (χ3n) is 3.20. The molecule has 0 amide bonds. The van der Waals surface area contributed by atoms with Crippen LogP contribution in [0.25, 0.3) is 0 Å². The smallest absolute Gasteiger partial charge is 0.207 e. The number of amidine groups is 1. The second-order valence-corrected chi connectivity index (χ2v) is 4.91. The molecule has 0 saturated carbocycles. The minimum atomic E-state index is -0.0470. The van der Waals surface area contributed by atoms with Gasteiger partial charge in [0.1, 0.15) is 6.17 Å². The number of hydrazone groups is 1. The summed E-state index contributed by atoms with van der Waals surface area (Å²) in [5.41, 5.74) is 7.41. The fraction of sp³-hybridized carbons (Fsp3) is 0.333. The highest BCUT2D eigenvalue weighted by Gasteiger charge is 2.39. The van der Waals surface area contributed by atoms with Crippen LogP contribution in [0.2, 0.25) is 5.02 Å². The lowest BCUT2D eigenvalue weighted by Crippen LogP contribution is -2.43. The number of rotatable bonds is 2. The summed E-state index contributed by atoms with van der Waals surface area (Å²) in [6, 6.07) is 7.90. The second kappa shape index (κ2) is 4.26. The van der Waals surface area contributed by atoms with E-state index in [1.807, 2.05) is 29.3 Å². The van der Waals surface area contributed by atoms with Crippen LogP contribution in [0.5, 0.6) is 0 Å². The number of benzene rings is 1. The van der Waals surface area contributed by atoms with Crippen molar-refractivity contribution in [2.45, 2.75) is 25.6 Å². The third-order valence-corrected chi connectivity index (χ3v) is 3.45. The van der Waals surface area contributed by atoms with Gasteiger partial charge in [0.25, 0.3) is 0 Å². The van der Waals surface area contributed by atoms with Crippen LogP contribution in [0.15, 0.2) is 29.4 Å². The Kier molecular flexibility index (Phi) is 2.72. The van der Waals surface area contributed by atoms with E-state index in [9.17, 15) is 4.79 Å². The first-order valence-electron chi connectivity index (χ1n) is 5.80. The lowest BCUT2D eigenvalue weighted by atomic mass is 10.1. The van der Waals surface area contributed by atoms with Crippen molar-refractivity contribution in [1.82, 2.24) is 15.9 Å². The molecular weight excluding hydrogens is 252 g/mol. The van der Waals surface area contributed by atoms with E-state index < -0.39 is 0 Å². The maximum absolute atomic E-state index is 11.4. The zero-order valence-electron chi connectivity index (χ0n) is 9.85. The Bertz CT molecular complexity index is 513. The van der Waals surface area contributed by atoms with Crippen LogP contribution in [0, 0.1) is 0 Å². The van der Waals surface area contributed by atoms with Crippen LogP contribution in [0.1, 0.15) is 24.9 Å². The Balaban J connectivity index is 1.78. The highest BCUT2D eigenvalue weighted by molar-refractivity contribution is 6.38. The van der Waals surface area contributed by atoms with Crippen molar-refractivity contribution in [2.24, 2.45) is 5.10 Å². The lowest BCUT2D eigenvalue weighted by molar-refractivity contribution is -0.111. The maximum atomic E-state index is 11.4. The number of nitrogens with one attached hydrogen (secondary N) is 2. The molecule has 1 aromatic rings. The summed E-state index contributed by atoms with van der Waals surface area (Å²) in [5.74, 6) is 0.394. The Morgan fingerprint density at radius 1 is 1.44 bits per heavy atom. The molecule has 2 atom stereocenters. The summed E-state index contributed by atoms with van der Waals surface area (Å²) in [6.07, 6.45) is 0.895. The SMILES string of the molecule is CC(=O)C1=NNC2CC(c3ccc(Cl)cc3)NN12. The average molecular weight is 265 g/mol. The van der Waals surface area contributed by atoms with E-state index in [0.29, 0.717) is 5.84 Å². The molecule has 94 valence electrons. The van der Waals surface area contributed by atoms with Crippen molar-refractivity contribution in [1.29, 1.82) is 0 Å². The molecule has 0 spiro atoms. The molecule has 6 heteroatoms. The molecule has 18 heavy (non-hydrogen) atoms. The number of hydrazine groups is 1. The molecular formula is C12H13ClN4O. The van der Waals surface area contributed by atoms with Crippen LogP contribution in [0.3, 0.4) is 0 Å². The molecule has 0 radical (unpaired) electrons. The third kappa shape index (κ3) is 1.85. The number of halogens is 1. The fourth-order valence-electron chi connectivity index (χ4n) is 2.30. The number of hydrogen-bond acceptors (Lipinski definition) is 5. The van der Waals surface area contributed by atoms with E-state index in [-0.39, 0.29) is 18.0 Å². The predicted octanol–water partition coefficient (Wildman–Crippen LogP) is 1.42. The van der Waals surface area contributed by atoms with Gasteiger partial charge in [-0.15, -0.1) is 0 Å². The van der Waals surface area contributed by atoms with Gasteiger partial charge < -0.3 is 0 Å². The molecule has 1 fully saturated rings. The van der Waals surface area contributed by atoms with Crippen molar-refractivity contribution >= 4 is 23.2 Å². The van der Waals surface area contributed by atoms with Gasteiger partial charge in [0.05, 0.1) is 6.04 Å².